The van der Waals surface area contributed by atoms with Crippen molar-refractivity contribution in [3.63, 3.8) is 0 Å². The second kappa shape index (κ2) is 8.81. The molecule has 2 aromatic carbocycles. The number of benzene rings is 2. The maximum absolute atomic E-state index is 13.5. The van der Waals surface area contributed by atoms with Crippen LogP contribution in [-0.4, -0.2) is 60.3 Å². The monoisotopic (exact) mass is 431 g/mol. The van der Waals surface area contributed by atoms with Crippen LogP contribution < -0.4 is 10.5 Å². The first kappa shape index (κ1) is 21.5. The fraction of sp³-hybridized carbons (Fsp3) is 0.333. The molecule has 8 nitrogen and oxygen atoms in total. The first-order valence-electron chi connectivity index (χ1n) is 10.6. The molecule has 1 saturated heterocycles. The lowest BCUT2D eigenvalue weighted by Crippen LogP contribution is -2.46. The van der Waals surface area contributed by atoms with Crippen LogP contribution in [0.4, 0.5) is 5.69 Å². The topological polar surface area (TPSA) is 91.5 Å². The van der Waals surface area contributed by atoms with Crippen molar-refractivity contribution in [1.29, 1.82) is 5.26 Å². The van der Waals surface area contributed by atoms with Crippen LogP contribution in [-0.2, 0) is 4.74 Å². The predicted octanol–water partition coefficient (Wildman–Crippen LogP) is 2.49. The van der Waals surface area contributed by atoms with Gasteiger partial charge < -0.3 is 14.5 Å². The van der Waals surface area contributed by atoms with Crippen LogP contribution >= 0.6 is 0 Å². The van der Waals surface area contributed by atoms with Crippen LogP contribution in [0.2, 0.25) is 0 Å². The number of aryl methyl sites for hydroxylation is 1. The van der Waals surface area contributed by atoms with E-state index < -0.39 is 5.97 Å². The van der Waals surface area contributed by atoms with Gasteiger partial charge in [0.05, 0.1) is 34.8 Å². The zero-order valence-electron chi connectivity index (χ0n) is 18.5. The number of aromatic nitrogens is 2. The summed E-state index contributed by atoms with van der Waals surface area (Å²) in [7, 11) is 1.32. The third-order valence-electron chi connectivity index (χ3n) is 6.04. The average Bonchev–Trinajstić information content (AvgIpc) is 2.84. The molecule has 3 aromatic rings. The van der Waals surface area contributed by atoms with Crippen LogP contribution in [0.25, 0.3) is 16.6 Å². The van der Waals surface area contributed by atoms with Crippen molar-refractivity contribution in [3.05, 3.63) is 63.7 Å². The van der Waals surface area contributed by atoms with Gasteiger partial charge in [0.25, 0.3) is 5.56 Å². The highest BCUT2D eigenvalue weighted by atomic mass is 16.5. The lowest BCUT2D eigenvalue weighted by atomic mass is 10.1. The van der Waals surface area contributed by atoms with Gasteiger partial charge >= 0.3 is 5.97 Å². The highest BCUT2D eigenvalue weighted by Crippen LogP contribution is 2.25. The minimum Gasteiger partial charge on any atom is -0.465 e. The van der Waals surface area contributed by atoms with E-state index in [1.54, 1.807) is 18.2 Å². The number of methoxy groups -OCH3 is 1. The maximum atomic E-state index is 13.5. The Morgan fingerprint density at radius 1 is 1.19 bits per heavy atom. The number of piperazine rings is 1. The molecule has 8 heteroatoms. The van der Waals surface area contributed by atoms with Crippen LogP contribution in [0.3, 0.4) is 0 Å². The zero-order chi connectivity index (χ0) is 22.8. The fourth-order valence-corrected chi connectivity index (χ4v) is 4.09. The molecule has 2 heterocycles. The van der Waals surface area contributed by atoms with Crippen molar-refractivity contribution in [2.75, 3.05) is 44.7 Å². The molecule has 0 spiro atoms. The Kier molecular flexibility index (Phi) is 5.93. The Morgan fingerprint density at radius 3 is 2.59 bits per heavy atom. The minimum absolute atomic E-state index is 0.286. The van der Waals surface area contributed by atoms with Gasteiger partial charge in [0, 0.05) is 31.9 Å². The molecule has 0 unspecified atom stereocenters. The van der Waals surface area contributed by atoms with E-state index in [4.69, 9.17) is 4.74 Å². The number of rotatable bonds is 4. The van der Waals surface area contributed by atoms with E-state index in [1.807, 2.05) is 19.1 Å². The van der Waals surface area contributed by atoms with Gasteiger partial charge in [-0.25, -0.2) is 9.78 Å². The summed E-state index contributed by atoms with van der Waals surface area (Å²) in [6.45, 7) is 8.55. The van der Waals surface area contributed by atoms with Crippen LogP contribution in [0.15, 0.2) is 41.5 Å². The van der Waals surface area contributed by atoms with Crippen molar-refractivity contribution in [3.8, 4) is 11.8 Å². The SMILES string of the molecule is CCN1CCN(c2cc(C#N)c3ncn(-c4cc(C(=O)OC)ccc4C)c(=O)c3c2)CC1. The van der Waals surface area contributed by atoms with Crippen molar-refractivity contribution in [2.24, 2.45) is 0 Å². The molecule has 0 amide bonds. The average molecular weight is 431 g/mol. The fourth-order valence-electron chi connectivity index (χ4n) is 4.09. The van der Waals surface area contributed by atoms with Crippen LogP contribution in [0, 0.1) is 18.3 Å². The Balaban J connectivity index is 1.84. The highest BCUT2D eigenvalue weighted by Gasteiger charge is 2.19. The van der Waals surface area contributed by atoms with Gasteiger partial charge in [-0.2, -0.15) is 5.26 Å². The molecule has 32 heavy (non-hydrogen) atoms. The summed E-state index contributed by atoms with van der Waals surface area (Å²) in [5.41, 5.74) is 3.03. The van der Waals surface area contributed by atoms with Crippen molar-refractivity contribution in [1.82, 2.24) is 14.5 Å². The molecule has 0 aliphatic carbocycles. The zero-order valence-corrected chi connectivity index (χ0v) is 18.5. The predicted molar refractivity (Wildman–Crippen MR) is 122 cm³/mol. The number of esters is 1. The van der Waals surface area contributed by atoms with Crippen molar-refractivity contribution in [2.45, 2.75) is 13.8 Å². The molecule has 0 N–H and O–H groups in total. The number of likely N-dealkylation sites (N-methyl/N-ethyl adjacent to an activating group) is 1. The molecule has 1 aromatic heterocycles. The number of nitriles is 1. The molecule has 1 fully saturated rings. The molecule has 164 valence electrons. The Hall–Kier alpha value is -3.70. The second-order valence-electron chi connectivity index (χ2n) is 7.84. The van der Waals surface area contributed by atoms with E-state index >= 15 is 0 Å². The van der Waals surface area contributed by atoms with Gasteiger partial charge in [0.1, 0.15) is 12.4 Å². The lowest BCUT2D eigenvalue weighted by molar-refractivity contribution is 0.0600. The van der Waals surface area contributed by atoms with Crippen LogP contribution in [0.1, 0.15) is 28.4 Å². The van der Waals surface area contributed by atoms with Crippen molar-refractivity contribution < 1.29 is 9.53 Å². The summed E-state index contributed by atoms with van der Waals surface area (Å²) >= 11 is 0. The van der Waals surface area contributed by atoms with E-state index in [0.29, 0.717) is 27.7 Å². The summed E-state index contributed by atoms with van der Waals surface area (Å²) in [6.07, 6.45) is 1.41. The minimum atomic E-state index is -0.478. The number of hydrogen-bond donors (Lipinski definition) is 0. The Morgan fingerprint density at radius 2 is 1.94 bits per heavy atom. The van der Waals surface area contributed by atoms with E-state index in [9.17, 15) is 14.9 Å². The third kappa shape index (κ3) is 3.83. The highest BCUT2D eigenvalue weighted by molar-refractivity contribution is 5.90. The number of anilines is 1. The third-order valence-corrected chi connectivity index (χ3v) is 6.04. The molecule has 4 rings (SSSR count). The summed E-state index contributed by atoms with van der Waals surface area (Å²) < 4.78 is 6.23. The van der Waals surface area contributed by atoms with E-state index in [2.05, 4.69) is 27.8 Å². The van der Waals surface area contributed by atoms with Gasteiger partial charge in [-0.1, -0.05) is 13.0 Å². The van der Waals surface area contributed by atoms with Crippen LogP contribution in [0.5, 0.6) is 0 Å². The Labute approximate surface area is 186 Å². The number of ether oxygens (including phenoxy) is 1. The Bertz CT molecular complexity index is 1280. The molecule has 0 saturated carbocycles. The van der Waals surface area contributed by atoms with Crippen molar-refractivity contribution >= 4 is 22.6 Å². The van der Waals surface area contributed by atoms with E-state index in [1.165, 1.54) is 18.0 Å². The molecule has 0 atom stereocenters. The number of carbonyl (C=O) groups is 1. The normalized spacial score (nSPS) is 14.4. The molecule has 0 radical (unpaired) electrons. The van der Waals surface area contributed by atoms with Gasteiger partial charge in [0.2, 0.25) is 0 Å². The maximum Gasteiger partial charge on any atom is 0.337 e. The molecule has 1 aliphatic heterocycles. The smallest absolute Gasteiger partial charge is 0.337 e. The number of hydrogen-bond acceptors (Lipinski definition) is 7. The molecular formula is C24H25N5O3. The van der Waals surface area contributed by atoms with Gasteiger partial charge in [-0.3, -0.25) is 9.36 Å². The number of fused-ring (bicyclic) bond motifs is 1. The quantitative estimate of drug-likeness (QED) is 0.586. The molecule has 0 bridgehead atoms. The summed E-state index contributed by atoms with van der Waals surface area (Å²) in [5, 5.41) is 10.1. The lowest BCUT2D eigenvalue weighted by Gasteiger charge is -2.35. The first-order valence-corrected chi connectivity index (χ1v) is 10.6. The van der Waals surface area contributed by atoms with Gasteiger partial charge in [0.15, 0.2) is 0 Å². The molecular weight excluding hydrogens is 406 g/mol. The van der Waals surface area contributed by atoms with Gasteiger partial charge in [-0.05, 0) is 43.3 Å². The summed E-state index contributed by atoms with van der Waals surface area (Å²) in [4.78, 5) is 34.5. The first-order chi connectivity index (χ1) is 15.5. The van der Waals surface area contributed by atoms with E-state index in [0.717, 1.165) is 44.0 Å². The molecule has 1 aliphatic rings. The van der Waals surface area contributed by atoms with E-state index in [-0.39, 0.29) is 5.56 Å². The summed E-state index contributed by atoms with van der Waals surface area (Å²) in [5.74, 6) is -0.478. The number of carbonyl (C=O) groups excluding carboxylic acids is 1. The van der Waals surface area contributed by atoms with Gasteiger partial charge in [-0.15, -0.1) is 0 Å². The standard InChI is InChI=1S/C24H25N5O3/c1-4-27-7-9-28(10-8-27)19-11-18(14-25)22-20(13-19)23(30)29(15-26-22)21-12-17(24(31)32-3)6-5-16(21)2/h5-6,11-13,15H,4,7-10H2,1-3H3. The largest absolute Gasteiger partial charge is 0.465 e. The second-order valence-corrected chi connectivity index (χ2v) is 7.84. The summed E-state index contributed by atoms with van der Waals surface area (Å²) in [6, 6.07) is 10.9. The number of nitrogens with zero attached hydrogens (tertiary/aromatic N) is 5.